The van der Waals surface area contributed by atoms with E-state index < -0.39 is 0 Å². The van der Waals surface area contributed by atoms with E-state index in [0.717, 1.165) is 0 Å². The molecule has 2 unspecified atom stereocenters. The Labute approximate surface area is 63.6 Å². The molecule has 0 aromatic rings. The molecule has 0 aromatic carbocycles. The molecule has 0 spiro atoms. The lowest BCUT2D eigenvalue weighted by Gasteiger charge is -2.08. The van der Waals surface area contributed by atoms with E-state index in [9.17, 15) is 0 Å². The van der Waals surface area contributed by atoms with Crippen molar-refractivity contribution in [1.82, 2.24) is 0 Å². The summed E-state index contributed by atoms with van der Waals surface area (Å²) in [5.41, 5.74) is 4.44. The molecule has 0 amide bonds. The Morgan fingerprint density at radius 1 is 1.00 bits per heavy atom. The van der Waals surface area contributed by atoms with Gasteiger partial charge in [-0.1, -0.05) is 37.1 Å². The zero-order chi connectivity index (χ0) is 7.89. The molecule has 0 radical (unpaired) electrons. The fourth-order valence-electron chi connectivity index (χ4n) is 1.61. The van der Waals surface area contributed by atoms with Crippen molar-refractivity contribution in [2.75, 3.05) is 0 Å². The van der Waals surface area contributed by atoms with Gasteiger partial charge in [-0.2, -0.15) is 0 Å². The van der Waals surface area contributed by atoms with E-state index in [2.05, 4.69) is 34.3 Å². The van der Waals surface area contributed by atoms with Crippen molar-refractivity contribution in [1.29, 1.82) is 0 Å². The molecule has 2 atom stereocenters. The van der Waals surface area contributed by atoms with Gasteiger partial charge in [0.25, 0.3) is 0 Å². The van der Waals surface area contributed by atoms with Crippen molar-refractivity contribution in [3.8, 4) is 0 Å². The van der Waals surface area contributed by atoms with Gasteiger partial charge in [-0.25, -0.2) is 0 Å². The second kappa shape index (κ2) is 2.26. The summed E-state index contributed by atoms with van der Waals surface area (Å²) in [7, 11) is 0. The molecule has 0 aromatic heterocycles. The number of allylic oxidation sites excluding steroid dienone is 3. The van der Waals surface area contributed by atoms with E-state index in [1.807, 2.05) is 0 Å². The van der Waals surface area contributed by atoms with Gasteiger partial charge < -0.3 is 0 Å². The monoisotopic (exact) mass is 136 g/mol. The molecule has 0 nitrogen and oxygen atoms in total. The van der Waals surface area contributed by atoms with Crippen LogP contribution in [0.3, 0.4) is 0 Å². The van der Waals surface area contributed by atoms with E-state index in [0.29, 0.717) is 11.8 Å². The maximum Gasteiger partial charge on any atom is -0.00182 e. The van der Waals surface area contributed by atoms with E-state index in [1.165, 1.54) is 16.7 Å². The molecule has 0 bridgehead atoms. The second-order valence-electron chi connectivity index (χ2n) is 3.38. The number of hydrogen-bond acceptors (Lipinski definition) is 0. The minimum Gasteiger partial charge on any atom is -0.0987 e. The molecule has 1 aliphatic rings. The highest BCUT2D eigenvalue weighted by atomic mass is 14.3. The molecule has 10 heavy (non-hydrogen) atoms. The zero-order valence-electron chi connectivity index (χ0n) is 7.36. The number of hydrogen-bond donors (Lipinski definition) is 0. The molecule has 0 fully saturated rings. The van der Waals surface area contributed by atoms with Crippen LogP contribution in [0.15, 0.2) is 23.3 Å². The Morgan fingerprint density at radius 3 is 1.40 bits per heavy atom. The molecule has 1 rings (SSSR count). The summed E-state index contributed by atoms with van der Waals surface area (Å²) in [6, 6.07) is 0. The summed E-state index contributed by atoms with van der Waals surface area (Å²) in [5, 5.41) is 0. The molecule has 0 saturated heterocycles. The lowest BCUT2D eigenvalue weighted by atomic mass is 9.97. The van der Waals surface area contributed by atoms with Crippen molar-refractivity contribution in [2.24, 2.45) is 11.8 Å². The predicted octanol–water partition coefficient (Wildman–Crippen LogP) is 3.16. The fourth-order valence-corrected chi connectivity index (χ4v) is 1.61. The SMILES string of the molecule is C=C1C(C)C(C)=C(C)C1C. The van der Waals surface area contributed by atoms with Crippen molar-refractivity contribution in [2.45, 2.75) is 27.7 Å². The van der Waals surface area contributed by atoms with Gasteiger partial charge >= 0.3 is 0 Å². The highest BCUT2D eigenvalue weighted by Crippen LogP contribution is 2.39. The first-order valence-electron chi connectivity index (χ1n) is 3.91. The van der Waals surface area contributed by atoms with Crippen LogP contribution < -0.4 is 0 Å². The van der Waals surface area contributed by atoms with Gasteiger partial charge in [0, 0.05) is 0 Å². The summed E-state index contributed by atoms with van der Waals surface area (Å²) in [6.45, 7) is 13.0. The van der Waals surface area contributed by atoms with Crippen molar-refractivity contribution in [3.63, 3.8) is 0 Å². The molecule has 0 heterocycles. The summed E-state index contributed by atoms with van der Waals surface area (Å²) in [6.07, 6.45) is 0. The van der Waals surface area contributed by atoms with Crippen LogP contribution in [0.25, 0.3) is 0 Å². The van der Waals surface area contributed by atoms with Gasteiger partial charge in [-0.15, -0.1) is 0 Å². The molecular weight excluding hydrogens is 120 g/mol. The Hall–Kier alpha value is -0.520. The number of rotatable bonds is 0. The Balaban J connectivity index is 2.99. The standard InChI is InChI=1S/C10H16/c1-6-7(2)9(4)10(5)8(6)3/h7-8H,1H2,2-5H3. The lowest BCUT2D eigenvalue weighted by Crippen LogP contribution is -1.96. The Morgan fingerprint density at radius 2 is 1.30 bits per heavy atom. The van der Waals surface area contributed by atoms with Gasteiger partial charge in [-0.3, -0.25) is 0 Å². The second-order valence-corrected chi connectivity index (χ2v) is 3.38. The summed E-state index contributed by atoms with van der Waals surface area (Å²) >= 11 is 0. The largest absolute Gasteiger partial charge is 0.0987 e. The van der Waals surface area contributed by atoms with E-state index >= 15 is 0 Å². The third-order valence-corrected chi connectivity index (χ3v) is 3.03. The zero-order valence-corrected chi connectivity index (χ0v) is 7.36. The molecule has 1 aliphatic carbocycles. The van der Waals surface area contributed by atoms with Gasteiger partial charge in [0.15, 0.2) is 0 Å². The maximum atomic E-state index is 4.08. The van der Waals surface area contributed by atoms with Crippen LogP contribution in [0.2, 0.25) is 0 Å². The molecular formula is C10H16. The third kappa shape index (κ3) is 0.828. The lowest BCUT2D eigenvalue weighted by molar-refractivity contribution is 0.747. The summed E-state index contributed by atoms with van der Waals surface area (Å²) in [4.78, 5) is 0. The highest BCUT2D eigenvalue weighted by Gasteiger charge is 2.25. The first kappa shape index (κ1) is 7.59. The van der Waals surface area contributed by atoms with Gasteiger partial charge in [-0.05, 0) is 25.7 Å². The van der Waals surface area contributed by atoms with Gasteiger partial charge in [0.05, 0.1) is 0 Å². The topological polar surface area (TPSA) is 0 Å². The normalized spacial score (nSPS) is 33.8. The molecule has 0 heteroatoms. The van der Waals surface area contributed by atoms with Crippen LogP contribution in [0.5, 0.6) is 0 Å². The Bertz CT molecular complexity index is 176. The Kier molecular flexibility index (Phi) is 1.72. The minimum atomic E-state index is 0.620. The smallest absolute Gasteiger partial charge is 0.00182 e. The quantitative estimate of drug-likeness (QED) is 0.449. The first-order chi connectivity index (χ1) is 4.55. The third-order valence-electron chi connectivity index (χ3n) is 3.03. The van der Waals surface area contributed by atoms with E-state index in [-0.39, 0.29) is 0 Å². The van der Waals surface area contributed by atoms with Crippen LogP contribution in [0.4, 0.5) is 0 Å². The van der Waals surface area contributed by atoms with Crippen LogP contribution in [-0.4, -0.2) is 0 Å². The molecule has 0 saturated carbocycles. The van der Waals surface area contributed by atoms with Gasteiger partial charge in [0.2, 0.25) is 0 Å². The van der Waals surface area contributed by atoms with Crippen LogP contribution in [0.1, 0.15) is 27.7 Å². The minimum absolute atomic E-state index is 0.620. The predicted molar refractivity (Wildman–Crippen MR) is 45.8 cm³/mol. The van der Waals surface area contributed by atoms with Crippen LogP contribution >= 0.6 is 0 Å². The fraction of sp³-hybridized carbons (Fsp3) is 0.600. The maximum absolute atomic E-state index is 4.08. The molecule has 56 valence electrons. The van der Waals surface area contributed by atoms with Crippen molar-refractivity contribution >= 4 is 0 Å². The van der Waals surface area contributed by atoms with Crippen LogP contribution in [0, 0.1) is 11.8 Å². The van der Waals surface area contributed by atoms with Crippen LogP contribution in [-0.2, 0) is 0 Å². The molecule has 0 aliphatic heterocycles. The highest BCUT2D eigenvalue weighted by molar-refractivity contribution is 5.35. The average Bonchev–Trinajstić information content (AvgIpc) is 2.07. The van der Waals surface area contributed by atoms with Gasteiger partial charge in [0.1, 0.15) is 0 Å². The van der Waals surface area contributed by atoms with E-state index in [4.69, 9.17) is 0 Å². The van der Waals surface area contributed by atoms with Crippen molar-refractivity contribution < 1.29 is 0 Å². The summed E-state index contributed by atoms with van der Waals surface area (Å²) in [5.74, 6) is 1.24. The van der Waals surface area contributed by atoms with Crippen molar-refractivity contribution in [3.05, 3.63) is 23.3 Å². The van der Waals surface area contributed by atoms with E-state index in [1.54, 1.807) is 0 Å². The summed E-state index contributed by atoms with van der Waals surface area (Å²) < 4.78 is 0. The average molecular weight is 136 g/mol. The molecule has 0 N–H and O–H groups in total. The first-order valence-corrected chi connectivity index (χ1v) is 3.91.